The van der Waals surface area contributed by atoms with Crippen LogP contribution in [-0.2, 0) is 17.9 Å². The second-order valence-electron chi connectivity index (χ2n) is 6.12. The molecule has 0 atom stereocenters. The van der Waals surface area contributed by atoms with Crippen molar-refractivity contribution in [3.05, 3.63) is 87.7 Å². The third kappa shape index (κ3) is 5.28. The Morgan fingerprint density at radius 2 is 1.74 bits per heavy atom. The highest BCUT2D eigenvalue weighted by molar-refractivity contribution is 6.31. The summed E-state index contributed by atoms with van der Waals surface area (Å²) < 4.78 is 1.41. The van der Waals surface area contributed by atoms with Crippen molar-refractivity contribution in [2.24, 2.45) is 0 Å². The van der Waals surface area contributed by atoms with Gasteiger partial charge in [-0.25, -0.2) is 4.68 Å². The molecule has 1 heterocycles. The summed E-state index contributed by atoms with van der Waals surface area (Å²) >= 11 is 6.08. The molecule has 27 heavy (non-hydrogen) atoms. The summed E-state index contributed by atoms with van der Waals surface area (Å²) in [5.74, 6) is -0.0813. The molecule has 0 aliphatic rings. The van der Waals surface area contributed by atoms with Crippen LogP contribution >= 0.6 is 11.6 Å². The van der Waals surface area contributed by atoms with Crippen molar-refractivity contribution >= 4 is 17.5 Å². The second kappa shape index (κ2) is 9.14. The smallest absolute Gasteiger partial charge is 0.266 e. The maximum Gasteiger partial charge on any atom is 0.266 e. The Bertz CT molecular complexity index is 970. The van der Waals surface area contributed by atoms with E-state index in [1.807, 2.05) is 48.5 Å². The fourth-order valence-corrected chi connectivity index (χ4v) is 2.89. The standard InChI is InChI=1S/C21H20ClN3O2/c22-18-10-5-4-9-17(18)15-23-20(26)11-6-14-25-21(27)13-12-19(24-25)16-7-2-1-3-8-16/h1-5,7-10,12-13H,6,11,14-15H2,(H,23,26). The number of carbonyl (C=O) groups is 1. The number of hydrogen-bond donors (Lipinski definition) is 1. The van der Waals surface area contributed by atoms with Crippen LogP contribution in [-0.4, -0.2) is 15.7 Å². The third-order valence-electron chi connectivity index (χ3n) is 4.14. The molecule has 2 aromatic carbocycles. The lowest BCUT2D eigenvalue weighted by molar-refractivity contribution is -0.121. The Morgan fingerprint density at radius 3 is 2.52 bits per heavy atom. The maximum atomic E-state index is 12.0. The van der Waals surface area contributed by atoms with Crippen LogP contribution in [0.4, 0.5) is 0 Å². The highest BCUT2D eigenvalue weighted by Crippen LogP contribution is 2.15. The van der Waals surface area contributed by atoms with Crippen molar-refractivity contribution in [3.8, 4) is 11.3 Å². The number of amides is 1. The molecule has 1 N–H and O–H groups in total. The van der Waals surface area contributed by atoms with Crippen LogP contribution in [0.25, 0.3) is 11.3 Å². The monoisotopic (exact) mass is 381 g/mol. The molecule has 1 amide bonds. The summed E-state index contributed by atoms with van der Waals surface area (Å²) in [6, 6.07) is 20.3. The summed E-state index contributed by atoms with van der Waals surface area (Å²) in [4.78, 5) is 24.0. The van der Waals surface area contributed by atoms with Gasteiger partial charge in [-0.15, -0.1) is 0 Å². The van der Waals surface area contributed by atoms with Crippen molar-refractivity contribution in [2.45, 2.75) is 25.9 Å². The Kier molecular flexibility index (Phi) is 6.39. The number of aromatic nitrogens is 2. The van der Waals surface area contributed by atoms with Crippen molar-refractivity contribution in [1.82, 2.24) is 15.1 Å². The first kappa shape index (κ1) is 18.9. The molecule has 6 heteroatoms. The normalized spacial score (nSPS) is 10.6. The first-order valence-corrected chi connectivity index (χ1v) is 9.15. The largest absolute Gasteiger partial charge is 0.352 e. The van der Waals surface area contributed by atoms with Gasteiger partial charge in [0.1, 0.15) is 0 Å². The van der Waals surface area contributed by atoms with Gasteiger partial charge in [0.25, 0.3) is 5.56 Å². The summed E-state index contributed by atoms with van der Waals surface area (Å²) in [7, 11) is 0. The van der Waals surface area contributed by atoms with E-state index in [1.165, 1.54) is 10.7 Å². The molecule has 1 aromatic heterocycles. The van der Waals surface area contributed by atoms with E-state index in [2.05, 4.69) is 10.4 Å². The van der Waals surface area contributed by atoms with Gasteiger partial charge < -0.3 is 5.32 Å². The van der Waals surface area contributed by atoms with Gasteiger partial charge in [0.05, 0.1) is 5.69 Å². The molecule has 3 aromatic rings. The maximum absolute atomic E-state index is 12.0. The number of rotatable bonds is 7. The molecule has 0 saturated carbocycles. The molecule has 3 rings (SSSR count). The zero-order chi connectivity index (χ0) is 19.1. The predicted octanol–water partition coefficient (Wildman–Crippen LogP) is 3.66. The average molecular weight is 382 g/mol. The van der Waals surface area contributed by atoms with Crippen molar-refractivity contribution in [1.29, 1.82) is 0 Å². The number of benzene rings is 2. The Balaban J connectivity index is 1.53. The lowest BCUT2D eigenvalue weighted by Gasteiger charge is -2.08. The Hall–Kier alpha value is -2.92. The molecule has 0 aliphatic heterocycles. The molecule has 0 spiro atoms. The van der Waals surface area contributed by atoms with E-state index in [0.29, 0.717) is 31.0 Å². The van der Waals surface area contributed by atoms with E-state index in [4.69, 9.17) is 11.6 Å². The first-order valence-electron chi connectivity index (χ1n) is 8.77. The number of nitrogens with one attached hydrogen (secondary N) is 1. The second-order valence-corrected chi connectivity index (χ2v) is 6.52. The highest BCUT2D eigenvalue weighted by atomic mass is 35.5. The first-order chi connectivity index (χ1) is 13.1. The van der Waals surface area contributed by atoms with Crippen LogP contribution in [0.2, 0.25) is 5.02 Å². The van der Waals surface area contributed by atoms with Gasteiger partial charge in [0, 0.05) is 36.2 Å². The van der Waals surface area contributed by atoms with Crippen LogP contribution in [0, 0.1) is 0 Å². The summed E-state index contributed by atoms with van der Waals surface area (Å²) in [5, 5.41) is 7.88. The Labute approximate surface area is 162 Å². The average Bonchev–Trinajstić information content (AvgIpc) is 2.69. The summed E-state index contributed by atoms with van der Waals surface area (Å²) in [5.41, 5.74) is 2.38. The van der Waals surface area contributed by atoms with E-state index in [9.17, 15) is 9.59 Å². The fraction of sp³-hybridized carbons (Fsp3) is 0.190. The van der Waals surface area contributed by atoms with E-state index in [-0.39, 0.29) is 11.5 Å². The van der Waals surface area contributed by atoms with Crippen molar-refractivity contribution < 1.29 is 4.79 Å². The number of halogens is 1. The van der Waals surface area contributed by atoms with Gasteiger partial charge in [-0.05, 0) is 24.1 Å². The minimum absolute atomic E-state index is 0.0813. The molecule has 138 valence electrons. The van der Waals surface area contributed by atoms with Gasteiger partial charge in [0.2, 0.25) is 5.91 Å². The van der Waals surface area contributed by atoms with Gasteiger partial charge >= 0.3 is 0 Å². The predicted molar refractivity (Wildman–Crippen MR) is 106 cm³/mol. The van der Waals surface area contributed by atoms with Crippen LogP contribution in [0.1, 0.15) is 18.4 Å². The van der Waals surface area contributed by atoms with Gasteiger partial charge in [-0.1, -0.05) is 60.1 Å². The molecule has 0 unspecified atom stereocenters. The molecule has 5 nitrogen and oxygen atoms in total. The summed E-state index contributed by atoms with van der Waals surface area (Å²) in [6.45, 7) is 0.777. The molecule has 0 saturated heterocycles. The minimum atomic E-state index is -0.175. The van der Waals surface area contributed by atoms with Crippen LogP contribution in [0.15, 0.2) is 71.5 Å². The molecule has 0 aliphatic carbocycles. The number of carbonyl (C=O) groups excluding carboxylic acids is 1. The fourth-order valence-electron chi connectivity index (χ4n) is 2.69. The molecule has 0 radical (unpaired) electrons. The molecule has 0 fully saturated rings. The lowest BCUT2D eigenvalue weighted by Crippen LogP contribution is -2.25. The van der Waals surface area contributed by atoms with Gasteiger partial charge in [0.15, 0.2) is 0 Å². The summed E-state index contributed by atoms with van der Waals surface area (Å²) in [6.07, 6.45) is 0.841. The van der Waals surface area contributed by atoms with Crippen LogP contribution < -0.4 is 10.9 Å². The van der Waals surface area contributed by atoms with Crippen LogP contribution in [0.5, 0.6) is 0 Å². The van der Waals surface area contributed by atoms with Gasteiger partial charge in [-0.2, -0.15) is 5.10 Å². The van der Waals surface area contributed by atoms with E-state index >= 15 is 0 Å². The SMILES string of the molecule is O=C(CCCn1nc(-c2ccccc2)ccc1=O)NCc1ccccc1Cl. The van der Waals surface area contributed by atoms with Crippen molar-refractivity contribution in [3.63, 3.8) is 0 Å². The number of aryl methyl sites for hydroxylation is 1. The zero-order valence-corrected chi connectivity index (χ0v) is 15.5. The Morgan fingerprint density at radius 1 is 1.00 bits per heavy atom. The van der Waals surface area contributed by atoms with E-state index in [0.717, 1.165) is 16.8 Å². The number of nitrogens with zero attached hydrogens (tertiary/aromatic N) is 2. The molecular formula is C21H20ClN3O2. The van der Waals surface area contributed by atoms with E-state index < -0.39 is 0 Å². The van der Waals surface area contributed by atoms with Crippen LogP contribution in [0.3, 0.4) is 0 Å². The third-order valence-corrected chi connectivity index (χ3v) is 4.51. The molecular weight excluding hydrogens is 362 g/mol. The number of hydrogen-bond acceptors (Lipinski definition) is 3. The highest BCUT2D eigenvalue weighted by Gasteiger charge is 2.06. The quantitative estimate of drug-likeness (QED) is 0.679. The minimum Gasteiger partial charge on any atom is -0.352 e. The molecule has 0 bridgehead atoms. The lowest BCUT2D eigenvalue weighted by atomic mass is 10.1. The van der Waals surface area contributed by atoms with E-state index in [1.54, 1.807) is 12.1 Å². The zero-order valence-electron chi connectivity index (χ0n) is 14.8. The topological polar surface area (TPSA) is 64.0 Å². The van der Waals surface area contributed by atoms with Crippen molar-refractivity contribution in [2.75, 3.05) is 0 Å². The van der Waals surface area contributed by atoms with Gasteiger partial charge in [-0.3, -0.25) is 9.59 Å².